The highest BCUT2D eigenvalue weighted by molar-refractivity contribution is 6.00. The number of nitrogens with one attached hydrogen (secondary N) is 1. The number of aromatic carboxylic acids is 1. The number of nitrogens with zero attached hydrogens (tertiary/aromatic N) is 1. The molecule has 0 bridgehead atoms. The fourth-order valence-electron chi connectivity index (χ4n) is 3.27. The summed E-state index contributed by atoms with van der Waals surface area (Å²) in [6.07, 6.45) is 0.106. The fraction of sp³-hybridized carbons (Fsp3) is 0.286. The maximum Gasteiger partial charge on any atom is 0.335 e. The monoisotopic (exact) mass is 398 g/mol. The first-order chi connectivity index (χ1) is 13.9. The standard InChI is InChI=1S/C21H22N2O6/c1-28-17-7-6-16(10-18(17)29-2)23-12-15(9-19(23)24)20(25)22-11-13-4-3-5-14(8-13)21(26)27/h3-8,10,15H,9,11-12H2,1-2H3,(H,22,25)(H,26,27)/t15-/m1/s1. The Morgan fingerprint density at radius 1 is 1.14 bits per heavy atom. The number of benzene rings is 2. The van der Waals surface area contributed by atoms with Gasteiger partial charge in [0.1, 0.15) is 0 Å². The lowest BCUT2D eigenvalue weighted by Crippen LogP contribution is -2.32. The van der Waals surface area contributed by atoms with Crippen molar-refractivity contribution in [3.63, 3.8) is 0 Å². The normalized spacial score (nSPS) is 15.9. The molecule has 1 fully saturated rings. The summed E-state index contributed by atoms with van der Waals surface area (Å²) in [5, 5.41) is 11.8. The molecule has 1 aliphatic rings. The quantitative estimate of drug-likeness (QED) is 0.740. The third kappa shape index (κ3) is 4.48. The molecular formula is C21H22N2O6. The first kappa shape index (κ1) is 20.2. The zero-order valence-corrected chi connectivity index (χ0v) is 16.2. The van der Waals surface area contributed by atoms with Gasteiger partial charge in [-0.15, -0.1) is 0 Å². The van der Waals surface area contributed by atoms with Crippen molar-refractivity contribution in [3.8, 4) is 11.5 Å². The van der Waals surface area contributed by atoms with Crippen molar-refractivity contribution in [3.05, 3.63) is 53.6 Å². The van der Waals surface area contributed by atoms with E-state index in [0.717, 1.165) is 0 Å². The number of carboxylic acid groups (broad SMARTS) is 1. The molecule has 152 valence electrons. The molecule has 0 radical (unpaired) electrons. The Labute approximate surface area is 168 Å². The van der Waals surface area contributed by atoms with E-state index in [2.05, 4.69) is 5.32 Å². The van der Waals surface area contributed by atoms with Crippen molar-refractivity contribution in [1.29, 1.82) is 0 Å². The molecule has 1 heterocycles. The average molecular weight is 398 g/mol. The van der Waals surface area contributed by atoms with E-state index in [1.54, 1.807) is 35.2 Å². The largest absolute Gasteiger partial charge is 0.493 e. The van der Waals surface area contributed by atoms with E-state index in [4.69, 9.17) is 14.6 Å². The van der Waals surface area contributed by atoms with Gasteiger partial charge >= 0.3 is 5.97 Å². The third-order valence-corrected chi connectivity index (χ3v) is 4.82. The van der Waals surface area contributed by atoms with Crippen LogP contribution in [0.2, 0.25) is 0 Å². The molecule has 2 aromatic carbocycles. The fourth-order valence-corrected chi connectivity index (χ4v) is 3.27. The number of ether oxygens (including phenoxy) is 2. The zero-order chi connectivity index (χ0) is 21.0. The van der Waals surface area contributed by atoms with Gasteiger partial charge in [-0.3, -0.25) is 9.59 Å². The van der Waals surface area contributed by atoms with Gasteiger partial charge in [-0.2, -0.15) is 0 Å². The van der Waals surface area contributed by atoms with Gasteiger partial charge < -0.3 is 24.8 Å². The summed E-state index contributed by atoms with van der Waals surface area (Å²) in [6, 6.07) is 11.5. The number of carbonyl (C=O) groups is 3. The highest BCUT2D eigenvalue weighted by Crippen LogP contribution is 2.34. The summed E-state index contributed by atoms with van der Waals surface area (Å²) >= 11 is 0. The Morgan fingerprint density at radius 2 is 1.90 bits per heavy atom. The summed E-state index contributed by atoms with van der Waals surface area (Å²) in [5.74, 6) is -0.847. The molecule has 29 heavy (non-hydrogen) atoms. The van der Waals surface area contributed by atoms with Crippen molar-refractivity contribution < 1.29 is 29.0 Å². The number of carboxylic acids is 1. The summed E-state index contributed by atoms with van der Waals surface area (Å²) in [6.45, 7) is 0.455. The van der Waals surface area contributed by atoms with Crippen molar-refractivity contribution in [2.75, 3.05) is 25.7 Å². The number of hydrogen-bond acceptors (Lipinski definition) is 5. The molecule has 0 aromatic heterocycles. The van der Waals surface area contributed by atoms with Gasteiger partial charge in [0.05, 0.1) is 25.7 Å². The molecule has 2 N–H and O–H groups in total. The Balaban J connectivity index is 1.64. The zero-order valence-electron chi connectivity index (χ0n) is 16.2. The number of anilines is 1. The summed E-state index contributed by atoms with van der Waals surface area (Å²) in [5.41, 5.74) is 1.48. The first-order valence-electron chi connectivity index (χ1n) is 9.05. The van der Waals surface area contributed by atoms with Crippen LogP contribution in [0, 0.1) is 5.92 Å². The van der Waals surface area contributed by atoms with Crippen molar-refractivity contribution in [2.24, 2.45) is 5.92 Å². The molecule has 2 aromatic rings. The van der Waals surface area contributed by atoms with Gasteiger partial charge in [-0.05, 0) is 29.8 Å². The first-order valence-corrected chi connectivity index (χ1v) is 9.05. The molecule has 0 saturated carbocycles. The molecule has 1 atom stereocenters. The SMILES string of the molecule is COc1ccc(N2C[C@H](C(=O)NCc3cccc(C(=O)O)c3)CC2=O)cc1OC. The van der Waals surface area contributed by atoms with Crippen LogP contribution in [0.3, 0.4) is 0 Å². The molecule has 0 spiro atoms. The molecule has 0 unspecified atom stereocenters. The lowest BCUT2D eigenvalue weighted by molar-refractivity contribution is -0.126. The highest BCUT2D eigenvalue weighted by atomic mass is 16.5. The van der Waals surface area contributed by atoms with Crippen LogP contribution in [-0.4, -0.2) is 43.7 Å². The van der Waals surface area contributed by atoms with Crippen molar-refractivity contribution >= 4 is 23.5 Å². The van der Waals surface area contributed by atoms with E-state index >= 15 is 0 Å². The maximum absolute atomic E-state index is 12.5. The molecule has 1 saturated heterocycles. The van der Waals surface area contributed by atoms with Crippen LogP contribution in [0.25, 0.3) is 0 Å². The average Bonchev–Trinajstić information content (AvgIpc) is 3.13. The Hall–Kier alpha value is -3.55. The van der Waals surface area contributed by atoms with E-state index in [-0.39, 0.29) is 36.9 Å². The smallest absolute Gasteiger partial charge is 0.335 e. The Kier molecular flexibility index (Phi) is 6.01. The van der Waals surface area contributed by atoms with E-state index in [9.17, 15) is 14.4 Å². The second-order valence-corrected chi connectivity index (χ2v) is 6.67. The number of carbonyl (C=O) groups excluding carboxylic acids is 2. The van der Waals surface area contributed by atoms with Crippen LogP contribution in [0.5, 0.6) is 11.5 Å². The number of rotatable bonds is 7. The molecular weight excluding hydrogens is 376 g/mol. The van der Waals surface area contributed by atoms with Crippen molar-refractivity contribution in [1.82, 2.24) is 5.32 Å². The minimum Gasteiger partial charge on any atom is -0.493 e. The number of hydrogen-bond donors (Lipinski definition) is 2. The predicted molar refractivity (Wildman–Crippen MR) is 105 cm³/mol. The molecule has 0 aliphatic carbocycles. The van der Waals surface area contributed by atoms with E-state index in [1.807, 2.05) is 0 Å². The predicted octanol–water partition coefficient (Wildman–Crippen LogP) is 2.07. The lowest BCUT2D eigenvalue weighted by Gasteiger charge is -2.18. The molecule has 3 rings (SSSR count). The highest BCUT2D eigenvalue weighted by Gasteiger charge is 2.35. The molecule has 8 nitrogen and oxygen atoms in total. The Bertz CT molecular complexity index is 943. The van der Waals surface area contributed by atoms with E-state index < -0.39 is 11.9 Å². The van der Waals surface area contributed by atoms with Crippen LogP contribution >= 0.6 is 0 Å². The van der Waals surface area contributed by atoms with Crippen molar-refractivity contribution in [2.45, 2.75) is 13.0 Å². The van der Waals surface area contributed by atoms with Gasteiger partial charge in [0, 0.05) is 31.3 Å². The molecule has 1 aliphatic heterocycles. The van der Waals surface area contributed by atoms with Crippen LogP contribution < -0.4 is 19.7 Å². The van der Waals surface area contributed by atoms with Gasteiger partial charge in [-0.1, -0.05) is 12.1 Å². The molecule has 8 heteroatoms. The summed E-state index contributed by atoms with van der Waals surface area (Å²) in [7, 11) is 3.05. The summed E-state index contributed by atoms with van der Waals surface area (Å²) < 4.78 is 10.5. The minimum absolute atomic E-state index is 0.106. The van der Waals surface area contributed by atoms with Crippen LogP contribution in [0.1, 0.15) is 22.3 Å². The van der Waals surface area contributed by atoms with Crippen LogP contribution in [0.4, 0.5) is 5.69 Å². The van der Waals surface area contributed by atoms with Crippen LogP contribution in [0.15, 0.2) is 42.5 Å². The van der Waals surface area contributed by atoms with Gasteiger partial charge in [0.25, 0.3) is 0 Å². The van der Waals surface area contributed by atoms with E-state index in [1.165, 1.54) is 26.4 Å². The minimum atomic E-state index is -1.02. The summed E-state index contributed by atoms with van der Waals surface area (Å²) in [4.78, 5) is 37.6. The number of methoxy groups -OCH3 is 2. The number of amides is 2. The third-order valence-electron chi connectivity index (χ3n) is 4.82. The van der Waals surface area contributed by atoms with Gasteiger partial charge in [-0.25, -0.2) is 4.79 Å². The van der Waals surface area contributed by atoms with Gasteiger partial charge in [0.15, 0.2) is 11.5 Å². The lowest BCUT2D eigenvalue weighted by atomic mass is 10.1. The maximum atomic E-state index is 12.5. The molecule has 2 amide bonds. The Morgan fingerprint density at radius 3 is 2.59 bits per heavy atom. The van der Waals surface area contributed by atoms with Gasteiger partial charge in [0.2, 0.25) is 11.8 Å². The second kappa shape index (κ2) is 8.64. The van der Waals surface area contributed by atoms with Crippen LogP contribution in [-0.2, 0) is 16.1 Å². The van der Waals surface area contributed by atoms with E-state index in [0.29, 0.717) is 22.7 Å². The topological polar surface area (TPSA) is 105 Å². The second-order valence-electron chi connectivity index (χ2n) is 6.67.